The first kappa shape index (κ1) is 56.1. The van der Waals surface area contributed by atoms with Crippen molar-refractivity contribution in [3.8, 4) is 0 Å². The minimum atomic E-state index is -4.27. The summed E-state index contributed by atoms with van der Waals surface area (Å²) >= 11 is 1.13. The zero-order valence-corrected chi connectivity index (χ0v) is 31.9. The molecule has 15 heteroatoms. The van der Waals surface area contributed by atoms with Crippen molar-refractivity contribution in [1.82, 2.24) is 0 Å². The summed E-state index contributed by atoms with van der Waals surface area (Å²) in [4.78, 5) is 18.6. The summed E-state index contributed by atoms with van der Waals surface area (Å²) in [5, 5.41) is 31.1. The average molecular weight is 801 g/mol. The van der Waals surface area contributed by atoms with Gasteiger partial charge in [0.25, 0.3) is 5.97 Å². The molecule has 0 radical (unpaired) electrons. The number of esters is 1. The molecule has 0 saturated heterocycles. The number of aliphatic carboxylic acids is 1. The molecule has 12 nitrogen and oxygen atoms in total. The molecule has 4 rings (SSSR count). The maximum atomic E-state index is 10.4. The molecular weight excluding hydrogens is 744 g/mol. The maximum Gasteiger partial charge on any atom is 0.302 e. The number of carboxylic acids is 1. The quantitative estimate of drug-likeness (QED) is 0.0284. The van der Waals surface area contributed by atoms with Crippen molar-refractivity contribution in [2.24, 2.45) is 0 Å². The molecule has 0 aliphatic carbocycles. The van der Waals surface area contributed by atoms with E-state index in [1.54, 1.807) is 26.0 Å². The first-order valence-corrected chi connectivity index (χ1v) is 19.7. The van der Waals surface area contributed by atoms with Gasteiger partial charge < -0.3 is 25.0 Å². The highest BCUT2D eigenvalue weighted by Gasteiger charge is 2.44. The van der Waals surface area contributed by atoms with Crippen LogP contribution in [0.3, 0.4) is 0 Å². The minimum Gasteiger partial charge on any atom is -0.744 e. The molecule has 0 amide bonds. The Morgan fingerprint density at radius 3 is 1.40 bits per heavy atom. The highest BCUT2D eigenvalue weighted by molar-refractivity contribution is 7.96. The van der Waals surface area contributed by atoms with Crippen LogP contribution in [0.1, 0.15) is 54.5 Å². The molecule has 0 aromatic heterocycles. The molecule has 0 fully saturated rings. The third kappa shape index (κ3) is 24.3. The second-order valence-corrected chi connectivity index (χ2v) is 15.7. The van der Waals surface area contributed by atoms with E-state index >= 15 is 0 Å². The van der Waals surface area contributed by atoms with Crippen molar-refractivity contribution in [3.05, 3.63) is 121 Å². The van der Waals surface area contributed by atoms with E-state index in [-0.39, 0.29) is 37.8 Å². The topological polar surface area (TPSA) is 211 Å². The minimum absolute atomic E-state index is 0. The highest BCUT2D eigenvalue weighted by atomic mass is 32.2. The fourth-order valence-electron chi connectivity index (χ4n) is 4.21. The van der Waals surface area contributed by atoms with E-state index in [0.717, 1.165) is 42.9 Å². The molecule has 0 unspecified atom stereocenters. The molecule has 53 heavy (non-hydrogen) atoms. The van der Waals surface area contributed by atoms with Crippen LogP contribution in [0.5, 0.6) is 0 Å². The van der Waals surface area contributed by atoms with Crippen LogP contribution in [-0.2, 0) is 33.8 Å². The lowest BCUT2D eigenvalue weighted by Crippen LogP contribution is -2.33. The van der Waals surface area contributed by atoms with Crippen molar-refractivity contribution in [3.63, 3.8) is 0 Å². The zero-order chi connectivity index (χ0) is 37.8. The fourth-order valence-corrected chi connectivity index (χ4v) is 9.61. The van der Waals surface area contributed by atoms with Gasteiger partial charge in [-0.25, -0.2) is 13.7 Å². The van der Waals surface area contributed by atoms with Gasteiger partial charge in [0, 0.05) is 38.2 Å². The van der Waals surface area contributed by atoms with E-state index in [9.17, 15) is 17.8 Å². The number of ether oxygens (including phenoxy) is 1. The zero-order valence-electron chi connectivity index (χ0n) is 29.4. The predicted molar refractivity (Wildman–Crippen MR) is 216 cm³/mol. The number of rotatable bonds is 11. The van der Waals surface area contributed by atoms with E-state index in [2.05, 4.69) is 105 Å². The summed E-state index contributed by atoms with van der Waals surface area (Å²) in [7, 11) is -6.04. The van der Waals surface area contributed by atoms with Gasteiger partial charge in [0.1, 0.15) is 33.3 Å². The monoisotopic (exact) mass is 800 g/mol. The van der Waals surface area contributed by atoms with Gasteiger partial charge in [-0.05, 0) is 75.7 Å². The van der Waals surface area contributed by atoms with Gasteiger partial charge in [0.15, 0.2) is 0 Å². The SMILES string of the molecule is C.C.CC(=O)O.CCO.CCOC(C)=O.Cc1ccc(S(=O)(=O)[O-])cc1.O.OOOSCCC[P+](c1ccccc1)(c1ccccc1)c1ccccc1. The van der Waals surface area contributed by atoms with E-state index in [0.29, 0.717) is 6.61 Å². The normalized spacial score (nSPS) is 9.66. The van der Waals surface area contributed by atoms with Crippen LogP contribution < -0.4 is 15.9 Å². The largest absolute Gasteiger partial charge is 0.744 e. The van der Waals surface area contributed by atoms with Crippen LogP contribution in [0.25, 0.3) is 0 Å². The Morgan fingerprint density at radius 2 is 1.13 bits per heavy atom. The Balaban J connectivity index is -0.000000369. The Morgan fingerprint density at radius 1 is 0.774 bits per heavy atom. The lowest BCUT2D eigenvalue weighted by molar-refractivity contribution is -0.432. The molecule has 0 aliphatic rings. The summed E-state index contributed by atoms with van der Waals surface area (Å²) in [6, 6.07) is 38.2. The average Bonchev–Trinajstić information content (AvgIpc) is 3.08. The Hall–Kier alpha value is -3.69. The van der Waals surface area contributed by atoms with Gasteiger partial charge in [-0.2, -0.15) is 0 Å². The number of hydrogen-bond donors (Lipinski definition) is 3. The maximum absolute atomic E-state index is 10.4. The van der Waals surface area contributed by atoms with Crippen LogP contribution in [0.2, 0.25) is 0 Å². The molecule has 0 aliphatic heterocycles. The molecule has 0 atom stereocenters. The summed E-state index contributed by atoms with van der Waals surface area (Å²) in [6.07, 6.45) is 1.97. The number of carbonyl (C=O) groups excluding carboxylic acids is 1. The van der Waals surface area contributed by atoms with Gasteiger partial charge in [-0.3, -0.25) is 9.59 Å². The van der Waals surface area contributed by atoms with E-state index < -0.39 is 23.3 Å². The van der Waals surface area contributed by atoms with E-state index in [1.807, 2.05) is 6.92 Å². The predicted octanol–water partition coefficient (Wildman–Crippen LogP) is 6.45. The number of aliphatic hydroxyl groups excluding tert-OH is 1. The van der Waals surface area contributed by atoms with Crippen LogP contribution in [0, 0.1) is 6.92 Å². The summed E-state index contributed by atoms with van der Waals surface area (Å²) in [5.41, 5.74) is 0.928. The van der Waals surface area contributed by atoms with Crippen molar-refractivity contribution >= 4 is 57.3 Å². The van der Waals surface area contributed by atoms with Crippen molar-refractivity contribution in [2.75, 3.05) is 25.1 Å². The van der Waals surface area contributed by atoms with Gasteiger partial charge in [-0.1, -0.05) is 92.2 Å². The third-order valence-electron chi connectivity index (χ3n) is 6.05. The molecule has 4 aromatic carbocycles. The molecule has 0 bridgehead atoms. The smallest absolute Gasteiger partial charge is 0.302 e. The van der Waals surface area contributed by atoms with Crippen LogP contribution in [-0.4, -0.2) is 71.0 Å². The second kappa shape index (κ2) is 32.9. The lowest BCUT2D eigenvalue weighted by atomic mass is 10.2. The van der Waals surface area contributed by atoms with Crippen LogP contribution >= 0.6 is 19.3 Å². The molecule has 0 spiro atoms. The van der Waals surface area contributed by atoms with Gasteiger partial charge in [0.05, 0.1) is 17.7 Å². The number of aryl methyl sites for hydroxylation is 1. The van der Waals surface area contributed by atoms with E-state index in [4.69, 9.17) is 20.3 Å². The standard InChI is InChI=1S/C21H21O3PS.C7H8O3S.C4H8O2.C2H4O2.C2H6O.2CH4.H2O/c22-23-24-26-18-10-17-25(19-11-4-1-5-12-19,20-13-6-2-7-14-20)21-15-8-3-9-16-21;1-6-2-4-7(5-3-6)11(8,9)10;1-3-6-4(2)5;1-2(3)4;1-2-3;;;/h1-9,11-16H,10,17-18H2;2-5H,1H3,(H,8,9,10);3H2,1-2H3;1H3,(H,3,4);3H,2H2,1H3;2*1H4;1H2. The molecule has 0 heterocycles. The Labute approximate surface area is 320 Å². The number of aliphatic hydroxyl groups is 1. The van der Waals surface area contributed by atoms with Crippen LogP contribution in [0.4, 0.5) is 0 Å². The molecule has 0 saturated carbocycles. The van der Waals surface area contributed by atoms with Gasteiger partial charge >= 0.3 is 5.97 Å². The third-order valence-corrected chi connectivity index (χ3v) is 12.0. The summed E-state index contributed by atoms with van der Waals surface area (Å²) < 4.78 is 40.1. The molecular formula is C38H57O12PS2. The molecule has 298 valence electrons. The Bertz CT molecular complexity index is 1460. The van der Waals surface area contributed by atoms with Crippen molar-refractivity contribution in [2.45, 2.75) is 60.8 Å². The Kier molecular flexibility index (Phi) is 34.8. The van der Waals surface area contributed by atoms with Gasteiger partial charge in [-0.15, -0.1) is 4.33 Å². The number of hydrogen-bond acceptors (Lipinski definition) is 11. The second-order valence-electron chi connectivity index (χ2n) is 9.89. The highest BCUT2D eigenvalue weighted by Crippen LogP contribution is 2.55. The molecule has 5 N–H and O–H groups in total. The fraction of sp³-hybridized carbons (Fsp3) is 0.316. The number of benzene rings is 4. The summed E-state index contributed by atoms with van der Waals surface area (Å²) in [6.45, 7) is 8.49. The van der Waals surface area contributed by atoms with Crippen LogP contribution in [0.15, 0.2) is 120 Å². The first-order valence-electron chi connectivity index (χ1n) is 15.4. The number of carboxylic acid groups (broad SMARTS) is 1. The lowest BCUT2D eigenvalue weighted by Gasteiger charge is -2.27. The number of carbonyl (C=O) groups is 2. The van der Waals surface area contributed by atoms with Gasteiger partial charge in [0.2, 0.25) is 0 Å². The van der Waals surface area contributed by atoms with Crippen molar-refractivity contribution in [1.29, 1.82) is 0 Å². The first-order chi connectivity index (χ1) is 23.8. The van der Waals surface area contributed by atoms with Crippen molar-refractivity contribution < 1.29 is 57.6 Å². The summed E-state index contributed by atoms with van der Waals surface area (Å²) in [5.74, 6) is -0.299. The van der Waals surface area contributed by atoms with E-state index in [1.165, 1.54) is 35.0 Å². The molecule has 4 aromatic rings.